The predicted molar refractivity (Wildman–Crippen MR) is 101 cm³/mol. The predicted octanol–water partition coefficient (Wildman–Crippen LogP) is 3.89. The SMILES string of the molecule is Cc1cccc(C(=O)N2Cc3nn(C(C)(C)C)c(-n4cccc4)c3C2)c1. The Bertz CT molecular complexity index is 961. The lowest BCUT2D eigenvalue weighted by atomic mass is 10.1. The molecular formula is C21H24N4O. The zero-order valence-corrected chi connectivity index (χ0v) is 15.7. The van der Waals surface area contributed by atoms with Crippen molar-refractivity contribution in [2.24, 2.45) is 0 Å². The van der Waals surface area contributed by atoms with Crippen LogP contribution in [0.5, 0.6) is 0 Å². The van der Waals surface area contributed by atoms with E-state index in [9.17, 15) is 4.79 Å². The van der Waals surface area contributed by atoms with Gasteiger partial charge < -0.3 is 9.47 Å². The Balaban J connectivity index is 1.71. The zero-order valence-electron chi connectivity index (χ0n) is 15.7. The van der Waals surface area contributed by atoms with Gasteiger partial charge >= 0.3 is 0 Å². The zero-order chi connectivity index (χ0) is 18.5. The van der Waals surface area contributed by atoms with Crippen LogP contribution in [0.3, 0.4) is 0 Å². The largest absolute Gasteiger partial charge is 0.328 e. The Morgan fingerprint density at radius 2 is 1.81 bits per heavy atom. The van der Waals surface area contributed by atoms with Crippen LogP contribution >= 0.6 is 0 Å². The van der Waals surface area contributed by atoms with Crippen molar-refractivity contribution >= 4 is 5.91 Å². The van der Waals surface area contributed by atoms with Gasteiger partial charge in [-0.05, 0) is 52.0 Å². The number of amides is 1. The molecule has 26 heavy (non-hydrogen) atoms. The van der Waals surface area contributed by atoms with Crippen LogP contribution in [0.25, 0.3) is 5.82 Å². The van der Waals surface area contributed by atoms with E-state index in [1.165, 1.54) is 0 Å². The van der Waals surface area contributed by atoms with Gasteiger partial charge in [-0.3, -0.25) is 4.79 Å². The van der Waals surface area contributed by atoms with Crippen molar-refractivity contribution in [3.63, 3.8) is 0 Å². The van der Waals surface area contributed by atoms with Crippen molar-refractivity contribution in [2.45, 2.75) is 46.3 Å². The van der Waals surface area contributed by atoms with Crippen molar-refractivity contribution < 1.29 is 4.79 Å². The molecule has 0 saturated carbocycles. The molecule has 4 rings (SSSR count). The van der Waals surface area contributed by atoms with Crippen LogP contribution < -0.4 is 0 Å². The molecule has 0 atom stereocenters. The number of nitrogens with zero attached hydrogens (tertiary/aromatic N) is 4. The lowest BCUT2D eigenvalue weighted by Gasteiger charge is -2.24. The highest BCUT2D eigenvalue weighted by atomic mass is 16.2. The molecule has 0 radical (unpaired) electrons. The summed E-state index contributed by atoms with van der Waals surface area (Å²) in [5.74, 6) is 1.12. The molecule has 3 heterocycles. The number of benzene rings is 1. The fraction of sp³-hybridized carbons (Fsp3) is 0.333. The Hall–Kier alpha value is -2.82. The number of fused-ring (bicyclic) bond motifs is 1. The van der Waals surface area contributed by atoms with Crippen molar-refractivity contribution in [3.8, 4) is 5.82 Å². The average molecular weight is 348 g/mol. The summed E-state index contributed by atoms with van der Waals surface area (Å²) >= 11 is 0. The van der Waals surface area contributed by atoms with Crippen LogP contribution in [-0.4, -0.2) is 25.2 Å². The molecule has 2 aromatic heterocycles. The fourth-order valence-electron chi connectivity index (χ4n) is 3.51. The molecule has 5 heteroatoms. The molecule has 0 bridgehead atoms. The normalized spacial score (nSPS) is 13.9. The van der Waals surface area contributed by atoms with Crippen LogP contribution in [0.4, 0.5) is 0 Å². The molecule has 5 nitrogen and oxygen atoms in total. The lowest BCUT2D eigenvalue weighted by Crippen LogP contribution is -2.29. The Morgan fingerprint density at radius 3 is 2.46 bits per heavy atom. The maximum Gasteiger partial charge on any atom is 0.254 e. The van der Waals surface area contributed by atoms with Crippen molar-refractivity contribution in [1.29, 1.82) is 0 Å². The van der Waals surface area contributed by atoms with Gasteiger partial charge in [0, 0.05) is 23.5 Å². The molecule has 0 N–H and O–H groups in total. The highest BCUT2D eigenvalue weighted by Gasteiger charge is 2.33. The maximum atomic E-state index is 12.9. The number of hydrogen-bond donors (Lipinski definition) is 0. The van der Waals surface area contributed by atoms with Gasteiger partial charge in [-0.25, -0.2) is 4.68 Å². The van der Waals surface area contributed by atoms with E-state index in [1.54, 1.807) is 0 Å². The molecule has 0 fully saturated rings. The van der Waals surface area contributed by atoms with Gasteiger partial charge in [-0.15, -0.1) is 0 Å². The first-order valence-electron chi connectivity index (χ1n) is 8.95. The third kappa shape index (κ3) is 2.73. The van der Waals surface area contributed by atoms with Crippen molar-refractivity contribution in [1.82, 2.24) is 19.2 Å². The standard InChI is InChI=1S/C21H24N4O/c1-15-8-7-9-16(12-15)20(26)24-13-17-18(14-24)22-25(21(2,3)4)19(17)23-10-5-6-11-23/h5-12H,13-14H2,1-4H3. The first-order chi connectivity index (χ1) is 12.3. The topological polar surface area (TPSA) is 43.1 Å². The molecule has 1 aliphatic heterocycles. The number of rotatable bonds is 2. The molecule has 3 aromatic rings. The minimum Gasteiger partial charge on any atom is -0.328 e. The van der Waals surface area contributed by atoms with Crippen LogP contribution in [0.1, 0.15) is 48.0 Å². The van der Waals surface area contributed by atoms with E-state index in [0.29, 0.717) is 13.1 Å². The minimum atomic E-state index is -0.130. The Kier molecular flexibility index (Phi) is 3.75. The van der Waals surface area contributed by atoms with Gasteiger partial charge in [-0.2, -0.15) is 5.10 Å². The molecule has 0 saturated heterocycles. The van der Waals surface area contributed by atoms with E-state index in [0.717, 1.165) is 28.2 Å². The van der Waals surface area contributed by atoms with Gasteiger partial charge in [0.2, 0.25) is 0 Å². The van der Waals surface area contributed by atoms with Crippen LogP contribution in [0, 0.1) is 6.92 Å². The summed E-state index contributed by atoms with van der Waals surface area (Å²) in [7, 11) is 0. The first-order valence-corrected chi connectivity index (χ1v) is 8.95. The number of aromatic nitrogens is 3. The quantitative estimate of drug-likeness (QED) is 0.705. The molecular weight excluding hydrogens is 324 g/mol. The van der Waals surface area contributed by atoms with Gasteiger partial charge in [0.1, 0.15) is 5.82 Å². The lowest BCUT2D eigenvalue weighted by molar-refractivity contribution is 0.0748. The summed E-state index contributed by atoms with van der Waals surface area (Å²) in [5, 5.41) is 4.86. The van der Waals surface area contributed by atoms with Crippen LogP contribution in [0.2, 0.25) is 0 Å². The summed E-state index contributed by atoms with van der Waals surface area (Å²) in [4.78, 5) is 14.8. The Morgan fingerprint density at radius 1 is 1.08 bits per heavy atom. The monoisotopic (exact) mass is 348 g/mol. The molecule has 0 aliphatic carbocycles. The van der Waals surface area contributed by atoms with Gasteiger partial charge in [0.15, 0.2) is 0 Å². The van der Waals surface area contributed by atoms with Crippen LogP contribution in [0.15, 0.2) is 48.8 Å². The summed E-state index contributed by atoms with van der Waals surface area (Å²) < 4.78 is 4.17. The highest BCUT2D eigenvalue weighted by Crippen LogP contribution is 2.32. The third-order valence-electron chi connectivity index (χ3n) is 4.77. The van der Waals surface area contributed by atoms with E-state index in [2.05, 4.69) is 30.0 Å². The number of carbonyl (C=O) groups excluding carboxylic acids is 1. The summed E-state index contributed by atoms with van der Waals surface area (Å²) in [6.07, 6.45) is 4.06. The molecule has 1 aliphatic rings. The van der Waals surface area contributed by atoms with Gasteiger partial charge in [0.25, 0.3) is 5.91 Å². The second-order valence-electron chi connectivity index (χ2n) is 7.95. The smallest absolute Gasteiger partial charge is 0.254 e. The van der Waals surface area contributed by atoms with E-state index in [1.807, 2.05) is 60.6 Å². The summed E-state index contributed by atoms with van der Waals surface area (Å²) in [6, 6.07) is 11.8. The molecule has 1 amide bonds. The second-order valence-corrected chi connectivity index (χ2v) is 7.95. The number of aryl methyl sites for hydroxylation is 1. The second kappa shape index (κ2) is 5.87. The first kappa shape index (κ1) is 16.6. The van der Waals surface area contributed by atoms with Gasteiger partial charge in [0.05, 0.1) is 24.3 Å². The molecule has 1 aromatic carbocycles. The van der Waals surface area contributed by atoms with E-state index < -0.39 is 0 Å². The molecule has 134 valence electrons. The number of carbonyl (C=O) groups is 1. The van der Waals surface area contributed by atoms with E-state index in [4.69, 9.17) is 5.10 Å². The maximum absolute atomic E-state index is 12.9. The van der Waals surface area contributed by atoms with Crippen molar-refractivity contribution in [2.75, 3.05) is 0 Å². The molecule has 0 unspecified atom stereocenters. The fourth-order valence-corrected chi connectivity index (χ4v) is 3.51. The van der Waals surface area contributed by atoms with E-state index in [-0.39, 0.29) is 11.4 Å². The highest BCUT2D eigenvalue weighted by molar-refractivity contribution is 5.94. The average Bonchev–Trinajstić information content (AvgIpc) is 3.28. The molecule has 0 spiro atoms. The minimum absolute atomic E-state index is 0.0625. The number of hydrogen-bond acceptors (Lipinski definition) is 2. The third-order valence-corrected chi connectivity index (χ3v) is 4.77. The summed E-state index contributed by atoms with van der Waals surface area (Å²) in [6.45, 7) is 9.60. The van der Waals surface area contributed by atoms with E-state index >= 15 is 0 Å². The summed E-state index contributed by atoms with van der Waals surface area (Å²) in [5.41, 5.74) is 3.83. The van der Waals surface area contributed by atoms with Crippen LogP contribution in [-0.2, 0) is 18.6 Å². The van der Waals surface area contributed by atoms with Crippen molar-refractivity contribution in [3.05, 3.63) is 71.2 Å². The Labute approximate surface area is 153 Å². The van der Waals surface area contributed by atoms with Gasteiger partial charge in [-0.1, -0.05) is 17.7 Å².